The zero-order valence-corrected chi connectivity index (χ0v) is 14.9. The van der Waals surface area contributed by atoms with Gasteiger partial charge in [0.1, 0.15) is 5.75 Å². The Kier molecular flexibility index (Phi) is 6.86. The smallest absolute Gasteiger partial charge is 0.259 e. The lowest BCUT2D eigenvalue weighted by atomic mass is 10.2. The number of anilines is 1. The van der Waals surface area contributed by atoms with Crippen LogP contribution in [0.25, 0.3) is 0 Å². The predicted octanol–water partition coefficient (Wildman–Crippen LogP) is 3.25. The van der Waals surface area contributed by atoms with E-state index in [1.807, 2.05) is 55.5 Å². The third kappa shape index (κ3) is 6.27. The minimum Gasteiger partial charge on any atom is -0.494 e. The van der Waals surface area contributed by atoms with Gasteiger partial charge >= 0.3 is 0 Å². The topological polar surface area (TPSA) is 62.7 Å². The summed E-state index contributed by atoms with van der Waals surface area (Å²) >= 11 is 2.23. The molecular weight excluding hydrogens is 405 g/mol. The summed E-state index contributed by atoms with van der Waals surface area (Å²) in [5, 5.41) is 6.97. The standard InChI is InChI=1S/C17H18IN3O2/c1-2-23-16-9-3-13(4-10-16)11-20-21-17(22)12-19-15-7-5-14(18)6-8-15/h3-11,19H,2,12H2,1H3,(H,21,22)/b20-11-. The number of amides is 1. The Labute approximate surface area is 149 Å². The molecule has 1 amide bonds. The lowest BCUT2D eigenvalue weighted by Crippen LogP contribution is -2.25. The Hall–Kier alpha value is -2.09. The van der Waals surface area contributed by atoms with Crippen LogP contribution in [-0.2, 0) is 4.79 Å². The first kappa shape index (κ1) is 17.3. The van der Waals surface area contributed by atoms with Crippen molar-refractivity contribution >= 4 is 40.4 Å². The van der Waals surface area contributed by atoms with Crippen LogP contribution < -0.4 is 15.5 Å². The SMILES string of the molecule is CCOc1ccc(/C=N\NC(=O)CNc2ccc(I)cc2)cc1. The van der Waals surface area contributed by atoms with Crippen molar-refractivity contribution in [3.8, 4) is 5.75 Å². The van der Waals surface area contributed by atoms with Gasteiger partial charge in [-0.15, -0.1) is 0 Å². The maximum Gasteiger partial charge on any atom is 0.259 e. The van der Waals surface area contributed by atoms with Crippen molar-refractivity contribution in [3.05, 3.63) is 57.7 Å². The Balaban J connectivity index is 1.75. The van der Waals surface area contributed by atoms with Crippen molar-refractivity contribution in [1.82, 2.24) is 5.43 Å². The number of carbonyl (C=O) groups is 1. The quantitative estimate of drug-likeness (QED) is 0.409. The van der Waals surface area contributed by atoms with Crippen LogP contribution >= 0.6 is 22.6 Å². The summed E-state index contributed by atoms with van der Waals surface area (Å²) in [6.07, 6.45) is 1.60. The Morgan fingerprint density at radius 1 is 1.17 bits per heavy atom. The van der Waals surface area contributed by atoms with E-state index < -0.39 is 0 Å². The van der Waals surface area contributed by atoms with Crippen molar-refractivity contribution < 1.29 is 9.53 Å². The number of benzene rings is 2. The van der Waals surface area contributed by atoms with Gasteiger partial charge in [-0.3, -0.25) is 4.79 Å². The molecule has 0 radical (unpaired) electrons. The molecule has 2 rings (SSSR count). The average Bonchev–Trinajstić information content (AvgIpc) is 2.56. The second kappa shape index (κ2) is 9.14. The summed E-state index contributed by atoms with van der Waals surface area (Å²) in [6.45, 7) is 2.74. The zero-order chi connectivity index (χ0) is 16.5. The molecule has 0 bridgehead atoms. The van der Waals surface area contributed by atoms with Gasteiger partial charge in [-0.1, -0.05) is 0 Å². The summed E-state index contributed by atoms with van der Waals surface area (Å²) < 4.78 is 6.51. The van der Waals surface area contributed by atoms with Gasteiger partial charge in [0.05, 0.1) is 19.4 Å². The van der Waals surface area contributed by atoms with Gasteiger partial charge < -0.3 is 10.1 Å². The second-order valence-electron chi connectivity index (χ2n) is 4.66. The molecule has 5 nitrogen and oxygen atoms in total. The number of hydrogen-bond acceptors (Lipinski definition) is 4. The first-order valence-electron chi connectivity index (χ1n) is 7.21. The molecule has 2 aromatic rings. The van der Waals surface area contributed by atoms with E-state index in [1.54, 1.807) is 6.21 Å². The van der Waals surface area contributed by atoms with Gasteiger partial charge in [0.25, 0.3) is 5.91 Å². The fourth-order valence-corrected chi connectivity index (χ4v) is 2.14. The number of nitrogens with one attached hydrogen (secondary N) is 2. The molecule has 120 valence electrons. The number of halogens is 1. The van der Waals surface area contributed by atoms with Gasteiger partial charge in [0.15, 0.2) is 0 Å². The molecule has 0 unspecified atom stereocenters. The van der Waals surface area contributed by atoms with Crippen LogP contribution in [-0.4, -0.2) is 25.3 Å². The summed E-state index contributed by atoms with van der Waals surface area (Å²) in [7, 11) is 0. The van der Waals surface area contributed by atoms with E-state index in [4.69, 9.17) is 4.74 Å². The Bertz CT molecular complexity index is 655. The number of carbonyl (C=O) groups excluding carboxylic acids is 1. The van der Waals surface area contributed by atoms with E-state index in [-0.39, 0.29) is 12.5 Å². The van der Waals surface area contributed by atoms with Crippen molar-refractivity contribution in [3.63, 3.8) is 0 Å². The van der Waals surface area contributed by atoms with Crippen LogP contribution in [0, 0.1) is 3.57 Å². The molecule has 23 heavy (non-hydrogen) atoms. The Morgan fingerprint density at radius 3 is 2.52 bits per heavy atom. The average molecular weight is 423 g/mol. The molecule has 0 saturated heterocycles. The molecule has 0 saturated carbocycles. The first-order valence-corrected chi connectivity index (χ1v) is 8.29. The molecule has 2 aromatic carbocycles. The number of hydrogen-bond donors (Lipinski definition) is 2. The van der Waals surface area contributed by atoms with E-state index in [2.05, 4.69) is 38.4 Å². The normalized spacial score (nSPS) is 10.5. The molecular formula is C17H18IN3O2. The predicted molar refractivity (Wildman–Crippen MR) is 101 cm³/mol. The van der Waals surface area contributed by atoms with E-state index in [0.29, 0.717) is 6.61 Å². The zero-order valence-electron chi connectivity index (χ0n) is 12.8. The van der Waals surface area contributed by atoms with Gasteiger partial charge in [0.2, 0.25) is 0 Å². The van der Waals surface area contributed by atoms with Crippen LogP contribution in [0.2, 0.25) is 0 Å². The second-order valence-corrected chi connectivity index (χ2v) is 5.90. The number of hydrazone groups is 1. The summed E-state index contributed by atoms with van der Waals surface area (Å²) in [6, 6.07) is 15.3. The van der Waals surface area contributed by atoms with E-state index >= 15 is 0 Å². The highest BCUT2D eigenvalue weighted by Gasteiger charge is 1.99. The van der Waals surface area contributed by atoms with Crippen molar-refractivity contribution in [2.45, 2.75) is 6.92 Å². The molecule has 2 N–H and O–H groups in total. The minimum absolute atomic E-state index is 0.168. The lowest BCUT2D eigenvalue weighted by molar-refractivity contribution is -0.119. The molecule has 0 aliphatic carbocycles. The first-order chi connectivity index (χ1) is 11.2. The molecule has 0 fully saturated rings. The minimum atomic E-state index is -0.203. The number of ether oxygens (including phenoxy) is 1. The number of nitrogens with zero attached hydrogens (tertiary/aromatic N) is 1. The molecule has 0 aromatic heterocycles. The maximum absolute atomic E-state index is 11.7. The third-order valence-electron chi connectivity index (χ3n) is 2.89. The molecule has 0 aliphatic rings. The summed E-state index contributed by atoms with van der Waals surface area (Å²) in [5.74, 6) is 0.612. The number of rotatable bonds is 7. The van der Waals surface area contributed by atoms with Gasteiger partial charge in [0, 0.05) is 9.26 Å². The largest absolute Gasteiger partial charge is 0.494 e. The van der Waals surface area contributed by atoms with Crippen LogP contribution in [0.5, 0.6) is 5.75 Å². The fraction of sp³-hybridized carbons (Fsp3) is 0.176. The van der Waals surface area contributed by atoms with Crippen molar-refractivity contribution in [1.29, 1.82) is 0 Å². The van der Waals surface area contributed by atoms with Gasteiger partial charge in [-0.25, -0.2) is 5.43 Å². The van der Waals surface area contributed by atoms with Gasteiger partial charge in [-0.2, -0.15) is 5.10 Å². The van der Waals surface area contributed by atoms with E-state index in [1.165, 1.54) is 0 Å². The van der Waals surface area contributed by atoms with Crippen molar-refractivity contribution in [2.75, 3.05) is 18.5 Å². The molecule has 6 heteroatoms. The monoisotopic (exact) mass is 423 g/mol. The van der Waals surface area contributed by atoms with Crippen LogP contribution in [0.15, 0.2) is 53.6 Å². The fourth-order valence-electron chi connectivity index (χ4n) is 1.79. The van der Waals surface area contributed by atoms with Crippen LogP contribution in [0.3, 0.4) is 0 Å². The highest BCUT2D eigenvalue weighted by molar-refractivity contribution is 14.1. The molecule has 0 heterocycles. The van der Waals surface area contributed by atoms with Crippen molar-refractivity contribution in [2.24, 2.45) is 5.10 Å². The summed E-state index contributed by atoms with van der Waals surface area (Å²) in [5.41, 5.74) is 4.28. The molecule has 0 spiro atoms. The third-order valence-corrected chi connectivity index (χ3v) is 3.61. The molecule has 0 aliphatic heterocycles. The highest BCUT2D eigenvalue weighted by Crippen LogP contribution is 2.11. The summed E-state index contributed by atoms with van der Waals surface area (Å²) in [4.78, 5) is 11.7. The van der Waals surface area contributed by atoms with E-state index in [0.717, 1.165) is 20.6 Å². The highest BCUT2D eigenvalue weighted by atomic mass is 127. The van der Waals surface area contributed by atoms with Gasteiger partial charge in [-0.05, 0) is 83.6 Å². The van der Waals surface area contributed by atoms with Crippen LogP contribution in [0.1, 0.15) is 12.5 Å². The Morgan fingerprint density at radius 2 is 1.87 bits per heavy atom. The lowest BCUT2D eigenvalue weighted by Gasteiger charge is -2.05. The molecule has 0 atom stereocenters. The maximum atomic E-state index is 11.7. The van der Waals surface area contributed by atoms with Crippen LogP contribution in [0.4, 0.5) is 5.69 Å². The van der Waals surface area contributed by atoms with E-state index in [9.17, 15) is 4.79 Å².